The number of nitrogens with zero attached hydrogens (tertiary/aromatic N) is 3. The number of carbonyl (C=O) groups is 1. The SMILES string of the molecule is CNC(=O)c1nnc(Cl)cc1Nc1nc(OC)ccc1C. The molecule has 2 aromatic rings. The second-order valence-corrected chi connectivity index (χ2v) is 4.54. The Kier molecular flexibility index (Phi) is 4.54. The van der Waals surface area contributed by atoms with Gasteiger partial charge in [0.05, 0.1) is 12.8 Å². The lowest BCUT2D eigenvalue weighted by atomic mass is 10.2. The molecule has 110 valence electrons. The van der Waals surface area contributed by atoms with Crippen LogP contribution in [-0.2, 0) is 0 Å². The number of anilines is 2. The molecule has 1 amide bonds. The van der Waals surface area contributed by atoms with E-state index in [9.17, 15) is 4.79 Å². The summed E-state index contributed by atoms with van der Waals surface area (Å²) in [6.45, 7) is 1.88. The van der Waals surface area contributed by atoms with E-state index in [4.69, 9.17) is 16.3 Å². The van der Waals surface area contributed by atoms with Crippen LogP contribution in [0.3, 0.4) is 0 Å². The molecule has 0 fully saturated rings. The highest BCUT2D eigenvalue weighted by Gasteiger charge is 2.15. The first-order chi connectivity index (χ1) is 10.0. The minimum Gasteiger partial charge on any atom is -0.481 e. The third-order valence-corrected chi connectivity index (χ3v) is 2.92. The van der Waals surface area contributed by atoms with Crippen molar-refractivity contribution < 1.29 is 9.53 Å². The number of nitrogens with one attached hydrogen (secondary N) is 2. The molecule has 0 aliphatic rings. The van der Waals surface area contributed by atoms with E-state index < -0.39 is 0 Å². The van der Waals surface area contributed by atoms with Crippen molar-refractivity contribution >= 4 is 29.0 Å². The van der Waals surface area contributed by atoms with E-state index in [0.717, 1.165) is 5.56 Å². The molecule has 7 nitrogen and oxygen atoms in total. The third-order valence-electron chi connectivity index (χ3n) is 2.74. The first-order valence-corrected chi connectivity index (χ1v) is 6.47. The van der Waals surface area contributed by atoms with Crippen LogP contribution in [0.25, 0.3) is 0 Å². The Labute approximate surface area is 126 Å². The second-order valence-electron chi connectivity index (χ2n) is 4.15. The van der Waals surface area contributed by atoms with Crippen molar-refractivity contribution in [1.29, 1.82) is 0 Å². The third kappa shape index (κ3) is 3.38. The minimum absolute atomic E-state index is 0.130. The van der Waals surface area contributed by atoms with Gasteiger partial charge in [0.15, 0.2) is 10.8 Å². The van der Waals surface area contributed by atoms with Crippen LogP contribution in [0.15, 0.2) is 18.2 Å². The average molecular weight is 308 g/mol. The first kappa shape index (κ1) is 15.0. The molecule has 8 heteroatoms. The summed E-state index contributed by atoms with van der Waals surface area (Å²) in [5.74, 6) is 0.628. The van der Waals surface area contributed by atoms with Gasteiger partial charge in [0.2, 0.25) is 5.88 Å². The fourth-order valence-corrected chi connectivity index (χ4v) is 1.77. The molecular formula is C13H14ClN5O2. The molecule has 2 rings (SSSR count). The van der Waals surface area contributed by atoms with Gasteiger partial charge in [0, 0.05) is 19.2 Å². The predicted molar refractivity (Wildman–Crippen MR) is 79.2 cm³/mol. The van der Waals surface area contributed by atoms with E-state index >= 15 is 0 Å². The Morgan fingerprint density at radius 3 is 2.76 bits per heavy atom. The number of ether oxygens (including phenoxy) is 1. The summed E-state index contributed by atoms with van der Waals surface area (Å²) in [6.07, 6.45) is 0. The molecule has 0 aliphatic heterocycles. The standard InChI is InChI=1S/C13H14ClN5O2/c1-7-4-5-10(21-3)17-12(7)16-8-6-9(14)18-19-11(8)13(20)15-2/h4-6H,1-3H3,(H,15,20)(H,16,17,18). The molecule has 2 N–H and O–H groups in total. The lowest BCUT2D eigenvalue weighted by Gasteiger charge is -2.12. The summed E-state index contributed by atoms with van der Waals surface area (Å²) in [5.41, 5.74) is 1.43. The molecule has 0 unspecified atom stereocenters. The smallest absolute Gasteiger partial charge is 0.273 e. The van der Waals surface area contributed by atoms with Crippen molar-refractivity contribution in [2.75, 3.05) is 19.5 Å². The molecule has 2 aromatic heterocycles. The lowest BCUT2D eigenvalue weighted by Crippen LogP contribution is -2.21. The maximum atomic E-state index is 11.8. The van der Waals surface area contributed by atoms with E-state index in [1.807, 2.05) is 13.0 Å². The van der Waals surface area contributed by atoms with Crippen LogP contribution in [-0.4, -0.2) is 35.2 Å². The Morgan fingerprint density at radius 1 is 1.33 bits per heavy atom. The van der Waals surface area contributed by atoms with Gasteiger partial charge in [-0.2, -0.15) is 4.98 Å². The molecular weight excluding hydrogens is 294 g/mol. The van der Waals surface area contributed by atoms with Gasteiger partial charge in [-0.05, 0) is 12.5 Å². The van der Waals surface area contributed by atoms with Crippen LogP contribution in [0.5, 0.6) is 5.88 Å². The summed E-state index contributed by atoms with van der Waals surface area (Å²) in [7, 11) is 3.04. The average Bonchev–Trinajstić information content (AvgIpc) is 2.49. The molecule has 0 saturated carbocycles. The Morgan fingerprint density at radius 2 is 2.10 bits per heavy atom. The fraction of sp³-hybridized carbons (Fsp3) is 0.231. The van der Waals surface area contributed by atoms with Crippen molar-refractivity contribution in [2.45, 2.75) is 6.92 Å². The van der Waals surface area contributed by atoms with E-state index in [1.54, 1.807) is 6.07 Å². The Hall–Kier alpha value is -2.41. The first-order valence-electron chi connectivity index (χ1n) is 6.09. The number of rotatable bonds is 4. The van der Waals surface area contributed by atoms with Crippen molar-refractivity contribution in [3.63, 3.8) is 0 Å². The van der Waals surface area contributed by atoms with Crippen LogP contribution < -0.4 is 15.4 Å². The van der Waals surface area contributed by atoms with Gasteiger partial charge in [-0.15, -0.1) is 10.2 Å². The molecule has 0 spiro atoms. The fourth-order valence-electron chi connectivity index (χ4n) is 1.63. The monoisotopic (exact) mass is 307 g/mol. The van der Waals surface area contributed by atoms with E-state index in [2.05, 4.69) is 25.8 Å². The summed E-state index contributed by atoms with van der Waals surface area (Å²) in [4.78, 5) is 16.1. The minimum atomic E-state index is -0.373. The number of hydrogen-bond acceptors (Lipinski definition) is 6. The lowest BCUT2D eigenvalue weighted by molar-refractivity contribution is 0.0958. The number of aromatic nitrogens is 3. The topological polar surface area (TPSA) is 89.0 Å². The molecule has 21 heavy (non-hydrogen) atoms. The number of carbonyl (C=O) groups excluding carboxylic acids is 1. The molecule has 0 aliphatic carbocycles. The van der Waals surface area contributed by atoms with Crippen LogP contribution in [0.2, 0.25) is 5.15 Å². The van der Waals surface area contributed by atoms with Gasteiger partial charge < -0.3 is 15.4 Å². The van der Waals surface area contributed by atoms with Crippen molar-refractivity contribution in [2.24, 2.45) is 0 Å². The Bertz CT molecular complexity index is 678. The van der Waals surface area contributed by atoms with Gasteiger partial charge >= 0.3 is 0 Å². The quantitative estimate of drug-likeness (QED) is 0.897. The van der Waals surface area contributed by atoms with Crippen LogP contribution in [0.4, 0.5) is 11.5 Å². The zero-order valence-corrected chi connectivity index (χ0v) is 12.5. The molecule has 0 atom stereocenters. The highest BCUT2D eigenvalue weighted by Crippen LogP contribution is 2.24. The number of halogens is 1. The van der Waals surface area contributed by atoms with Crippen LogP contribution >= 0.6 is 11.6 Å². The van der Waals surface area contributed by atoms with Gasteiger partial charge in [0.1, 0.15) is 5.82 Å². The zero-order valence-electron chi connectivity index (χ0n) is 11.8. The maximum absolute atomic E-state index is 11.8. The number of methoxy groups -OCH3 is 1. The van der Waals surface area contributed by atoms with Crippen molar-refractivity contribution in [1.82, 2.24) is 20.5 Å². The summed E-state index contributed by atoms with van der Waals surface area (Å²) >= 11 is 5.84. The van der Waals surface area contributed by atoms with Gasteiger partial charge in [-0.3, -0.25) is 4.79 Å². The van der Waals surface area contributed by atoms with Crippen molar-refractivity contribution in [3.8, 4) is 5.88 Å². The van der Waals surface area contributed by atoms with E-state index in [0.29, 0.717) is 17.4 Å². The Balaban J connectivity index is 2.43. The molecule has 0 aromatic carbocycles. The predicted octanol–water partition coefficient (Wildman–Crippen LogP) is 1.95. The summed E-state index contributed by atoms with van der Waals surface area (Å²) in [5, 5.41) is 13.2. The van der Waals surface area contributed by atoms with Crippen LogP contribution in [0, 0.1) is 6.92 Å². The number of amides is 1. The van der Waals surface area contributed by atoms with Crippen LogP contribution in [0.1, 0.15) is 16.1 Å². The molecule has 0 radical (unpaired) electrons. The normalized spacial score (nSPS) is 10.1. The number of aryl methyl sites for hydroxylation is 1. The number of pyridine rings is 1. The largest absolute Gasteiger partial charge is 0.481 e. The van der Waals surface area contributed by atoms with E-state index in [1.165, 1.54) is 20.2 Å². The zero-order chi connectivity index (χ0) is 15.4. The summed E-state index contributed by atoms with van der Waals surface area (Å²) in [6, 6.07) is 5.11. The van der Waals surface area contributed by atoms with Gasteiger partial charge in [-0.1, -0.05) is 17.7 Å². The molecule has 2 heterocycles. The second kappa shape index (κ2) is 6.36. The summed E-state index contributed by atoms with van der Waals surface area (Å²) < 4.78 is 5.09. The van der Waals surface area contributed by atoms with Crippen molar-refractivity contribution in [3.05, 3.63) is 34.6 Å². The maximum Gasteiger partial charge on any atom is 0.273 e. The molecule has 0 bridgehead atoms. The van der Waals surface area contributed by atoms with E-state index in [-0.39, 0.29) is 16.8 Å². The highest BCUT2D eigenvalue weighted by molar-refractivity contribution is 6.29. The molecule has 0 saturated heterocycles. The number of hydrogen-bond donors (Lipinski definition) is 2. The van der Waals surface area contributed by atoms with Gasteiger partial charge in [0.25, 0.3) is 5.91 Å². The highest BCUT2D eigenvalue weighted by atomic mass is 35.5. The van der Waals surface area contributed by atoms with Gasteiger partial charge in [-0.25, -0.2) is 0 Å².